The minimum atomic E-state index is 0.696. The highest BCUT2D eigenvalue weighted by atomic mass is 32.2. The van der Waals surface area contributed by atoms with E-state index in [9.17, 15) is 0 Å². The summed E-state index contributed by atoms with van der Waals surface area (Å²) in [5, 5.41) is 0.696. The Morgan fingerprint density at radius 2 is 2.40 bits per heavy atom. The van der Waals surface area contributed by atoms with Gasteiger partial charge in [0.25, 0.3) is 0 Å². The molecule has 1 unspecified atom stereocenters. The molecule has 2 rings (SSSR count). The third kappa shape index (κ3) is 1.03. The van der Waals surface area contributed by atoms with Crippen LogP contribution >= 0.6 is 11.8 Å². The van der Waals surface area contributed by atoms with Crippen LogP contribution in [0.25, 0.3) is 0 Å². The second-order valence-corrected chi connectivity index (χ2v) is 3.71. The van der Waals surface area contributed by atoms with Crippen molar-refractivity contribution in [3.63, 3.8) is 0 Å². The van der Waals surface area contributed by atoms with Crippen molar-refractivity contribution in [2.75, 3.05) is 5.75 Å². The molecule has 0 saturated carbocycles. The molecule has 0 aromatic carbocycles. The lowest BCUT2D eigenvalue weighted by atomic mass is 10.2. The van der Waals surface area contributed by atoms with E-state index in [1.54, 1.807) is 0 Å². The lowest BCUT2D eigenvalue weighted by Gasteiger charge is -2.23. The van der Waals surface area contributed by atoms with Gasteiger partial charge in [-0.3, -0.25) is 4.98 Å². The molecule has 1 fully saturated rings. The van der Waals surface area contributed by atoms with Gasteiger partial charge in [0.1, 0.15) is 0 Å². The summed E-state index contributed by atoms with van der Waals surface area (Å²) in [7, 11) is 0. The fraction of sp³-hybridized carbons (Fsp3) is 0.375. The van der Waals surface area contributed by atoms with Crippen molar-refractivity contribution in [1.29, 1.82) is 0 Å². The predicted molar refractivity (Wildman–Crippen MR) is 44.1 cm³/mol. The number of rotatable bonds is 1. The zero-order chi connectivity index (χ0) is 6.81. The van der Waals surface area contributed by atoms with Gasteiger partial charge >= 0.3 is 0 Å². The summed E-state index contributed by atoms with van der Waals surface area (Å²) < 4.78 is 0. The van der Waals surface area contributed by atoms with Crippen LogP contribution in [0.5, 0.6) is 0 Å². The minimum Gasteiger partial charge on any atom is -0.260 e. The van der Waals surface area contributed by atoms with Crippen molar-refractivity contribution < 1.29 is 0 Å². The standard InChI is InChI=1S/C8H9NS/c1-2-5-9-7(3-1)8-4-6-10-8/h1-3,5,8H,4,6H2. The van der Waals surface area contributed by atoms with Gasteiger partial charge in [-0.2, -0.15) is 11.8 Å². The molecule has 1 aliphatic rings. The molecule has 10 heavy (non-hydrogen) atoms. The molecule has 1 nitrogen and oxygen atoms in total. The number of hydrogen-bond donors (Lipinski definition) is 0. The molecule has 2 heterocycles. The summed E-state index contributed by atoms with van der Waals surface area (Å²) in [6, 6.07) is 6.13. The summed E-state index contributed by atoms with van der Waals surface area (Å²) in [6.45, 7) is 0. The zero-order valence-corrected chi connectivity index (χ0v) is 6.47. The molecule has 0 bridgehead atoms. The van der Waals surface area contributed by atoms with Crippen molar-refractivity contribution >= 4 is 11.8 Å². The van der Waals surface area contributed by atoms with Crippen molar-refractivity contribution in [2.24, 2.45) is 0 Å². The highest BCUT2D eigenvalue weighted by molar-refractivity contribution is 8.00. The second-order valence-electron chi connectivity index (χ2n) is 2.40. The molecule has 1 aliphatic heterocycles. The van der Waals surface area contributed by atoms with Gasteiger partial charge in [0.15, 0.2) is 0 Å². The van der Waals surface area contributed by atoms with E-state index in [2.05, 4.69) is 17.1 Å². The van der Waals surface area contributed by atoms with Gasteiger partial charge in [-0.25, -0.2) is 0 Å². The number of hydrogen-bond acceptors (Lipinski definition) is 2. The third-order valence-electron chi connectivity index (χ3n) is 1.72. The Bertz CT molecular complexity index is 206. The van der Waals surface area contributed by atoms with Crippen LogP contribution in [0.4, 0.5) is 0 Å². The van der Waals surface area contributed by atoms with E-state index in [1.807, 2.05) is 24.0 Å². The molecule has 0 spiro atoms. The third-order valence-corrected chi connectivity index (χ3v) is 3.07. The molecule has 0 N–H and O–H groups in total. The smallest absolute Gasteiger partial charge is 0.0533 e. The van der Waals surface area contributed by atoms with Crippen molar-refractivity contribution in [1.82, 2.24) is 4.98 Å². The first-order valence-electron chi connectivity index (χ1n) is 3.49. The summed E-state index contributed by atoms with van der Waals surface area (Å²) >= 11 is 2.00. The van der Waals surface area contributed by atoms with E-state index in [0.717, 1.165) is 0 Å². The summed E-state index contributed by atoms with van der Waals surface area (Å²) in [4.78, 5) is 4.28. The van der Waals surface area contributed by atoms with Gasteiger partial charge in [-0.05, 0) is 24.3 Å². The lowest BCUT2D eigenvalue weighted by Crippen LogP contribution is -2.07. The molecule has 2 heteroatoms. The number of thioether (sulfide) groups is 1. The van der Waals surface area contributed by atoms with Gasteiger partial charge in [-0.15, -0.1) is 0 Å². The SMILES string of the molecule is c1ccc(C2CCS2)nc1. The maximum absolute atomic E-state index is 4.28. The summed E-state index contributed by atoms with van der Waals surface area (Å²) in [5.41, 5.74) is 1.25. The molecule has 1 aromatic rings. The Kier molecular flexibility index (Phi) is 1.63. The Labute approximate surface area is 64.9 Å². The molecule has 0 radical (unpaired) electrons. The van der Waals surface area contributed by atoms with Crippen LogP contribution in [0.2, 0.25) is 0 Å². The van der Waals surface area contributed by atoms with E-state index in [1.165, 1.54) is 17.9 Å². The minimum absolute atomic E-state index is 0.696. The van der Waals surface area contributed by atoms with Crippen molar-refractivity contribution in [2.45, 2.75) is 11.7 Å². The summed E-state index contributed by atoms with van der Waals surface area (Å²) in [6.07, 6.45) is 3.18. The highest BCUT2D eigenvalue weighted by Crippen LogP contribution is 2.40. The number of nitrogens with zero attached hydrogens (tertiary/aromatic N) is 1. The van der Waals surface area contributed by atoms with Gasteiger partial charge in [0.05, 0.1) is 5.69 Å². The largest absolute Gasteiger partial charge is 0.260 e. The van der Waals surface area contributed by atoms with Crippen LogP contribution < -0.4 is 0 Å². The Hall–Kier alpha value is -0.500. The maximum Gasteiger partial charge on any atom is 0.0533 e. The van der Waals surface area contributed by atoms with Crippen LogP contribution in [0.3, 0.4) is 0 Å². The highest BCUT2D eigenvalue weighted by Gasteiger charge is 2.20. The fourth-order valence-corrected chi connectivity index (χ4v) is 1.82. The van der Waals surface area contributed by atoms with E-state index in [0.29, 0.717) is 5.25 Å². The first kappa shape index (κ1) is 6.23. The van der Waals surface area contributed by atoms with E-state index in [4.69, 9.17) is 0 Å². The first-order chi connectivity index (χ1) is 4.97. The zero-order valence-electron chi connectivity index (χ0n) is 5.66. The quantitative estimate of drug-likeness (QED) is 0.610. The van der Waals surface area contributed by atoms with Crippen LogP contribution in [0, 0.1) is 0 Å². The molecular formula is C8H9NS. The van der Waals surface area contributed by atoms with Crippen LogP contribution in [0.1, 0.15) is 17.4 Å². The van der Waals surface area contributed by atoms with Crippen molar-refractivity contribution in [3.8, 4) is 0 Å². The Morgan fingerprint density at radius 1 is 1.50 bits per heavy atom. The topological polar surface area (TPSA) is 12.9 Å². The van der Waals surface area contributed by atoms with Gasteiger partial charge < -0.3 is 0 Å². The molecular weight excluding hydrogens is 142 g/mol. The Balaban J connectivity index is 2.18. The van der Waals surface area contributed by atoms with Crippen LogP contribution in [0.15, 0.2) is 24.4 Å². The number of aromatic nitrogens is 1. The Morgan fingerprint density at radius 3 is 2.90 bits per heavy atom. The summed E-state index contributed by atoms with van der Waals surface area (Å²) in [5.74, 6) is 1.31. The second kappa shape index (κ2) is 2.62. The normalized spacial score (nSPS) is 23.8. The predicted octanol–water partition coefficient (Wildman–Crippen LogP) is 2.26. The first-order valence-corrected chi connectivity index (χ1v) is 4.54. The van der Waals surface area contributed by atoms with Gasteiger partial charge in [-0.1, -0.05) is 6.07 Å². The molecule has 1 atom stereocenters. The van der Waals surface area contributed by atoms with Crippen LogP contribution in [-0.4, -0.2) is 10.7 Å². The molecule has 1 saturated heterocycles. The lowest BCUT2D eigenvalue weighted by molar-refractivity contribution is 0.817. The van der Waals surface area contributed by atoms with Gasteiger partial charge in [0, 0.05) is 11.4 Å². The van der Waals surface area contributed by atoms with Crippen molar-refractivity contribution in [3.05, 3.63) is 30.1 Å². The molecule has 52 valence electrons. The average Bonchev–Trinajstić information content (AvgIpc) is 1.86. The fourth-order valence-electron chi connectivity index (χ4n) is 1.04. The molecule has 1 aromatic heterocycles. The van der Waals surface area contributed by atoms with E-state index in [-0.39, 0.29) is 0 Å². The molecule has 0 amide bonds. The molecule has 0 aliphatic carbocycles. The maximum atomic E-state index is 4.28. The monoisotopic (exact) mass is 151 g/mol. The average molecular weight is 151 g/mol. The number of pyridine rings is 1. The van der Waals surface area contributed by atoms with Gasteiger partial charge in [0.2, 0.25) is 0 Å². The van der Waals surface area contributed by atoms with E-state index < -0.39 is 0 Å². The van der Waals surface area contributed by atoms with Crippen LogP contribution in [-0.2, 0) is 0 Å². The van der Waals surface area contributed by atoms with E-state index >= 15 is 0 Å².